The summed E-state index contributed by atoms with van der Waals surface area (Å²) in [6.07, 6.45) is 9.65. The van der Waals surface area contributed by atoms with Crippen molar-refractivity contribution in [3.05, 3.63) is 120 Å². The fraction of sp³-hybridized carbons (Fsp3) is 0.417. The molecule has 3 aromatic carbocycles. The van der Waals surface area contributed by atoms with Crippen LogP contribution in [-0.4, -0.2) is 51.2 Å². The number of nitrogens with one attached hydrogen (secondary N) is 1. The van der Waals surface area contributed by atoms with E-state index in [0.29, 0.717) is 18.8 Å². The van der Waals surface area contributed by atoms with Crippen molar-refractivity contribution in [1.29, 1.82) is 0 Å². The van der Waals surface area contributed by atoms with E-state index in [1.165, 1.54) is 24.0 Å². The molecule has 2 heterocycles. The standard InChI is InChI=1S/C36H43N5O2/c42-36(43-33-20-10-11-21-33)37-34(23-28-13-4-1-5-14-28)35(24-29-15-6-2-7-16-29)41-27-32(38-39-41)26-40-22-12-19-31(25-40)30-17-8-3-9-18-30/h1-9,13-18,27,31,33-35H,10-12,19-26H2,(H,37,42)/t31?,34-,35-/m0/s1. The molecule has 1 unspecified atom stereocenters. The second-order valence-electron chi connectivity index (χ2n) is 12.2. The maximum atomic E-state index is 13.2. The van der Waals surface area contributed by atoms with Crippen LogP contribution in [0, 0.1) is 0 Å². The molecule has 1 aliphatic carbocycles. The highest BCUT2D eigenvalue weighted by molar-refractivity contribution is 5.68. The van der Waals surface area contributed by atoms with Gasteiger partial charge in [0.2, 0.25) is 0 Å². The van der Waals surface area contributed by atoms with Crippen molar-refractivity contribution in [2.75, 3.05) is 13.1 Å². The molecular formula is C36H43N5O2. The number of piperidine rings is 1. The summed E-state index contributed by atoms with van der Waals surface area (Å²) in [6, 6.07) is 31.3. The number of nitrogens with zero attached hydrogens (tertiary/aromatic N) is 4. The summed E-state index contributed by atoms with van der Waals surface area (Å²) in [5.41, 5.74) is 4.72. The number of carbonyl (C=O) groups is 1. The van der Waals surface area contributed by atoms with Gasteiger partial charge in [0.05, 0.1) is 24.0 Å². The molecule has 4 aromatic rings. The number of hydrogen-bond acceptors (Lipinski definition) is 5. The summed E-state index contributed by atoms with van der Waals surface area (Å²) in [5, 5.41) is 12.6. The lowest BCUT2D eigenvalue weighted by atomic mass is 9.90. The molecular weight excluding hydrogens is 534 g/mol. The number of hydrogen-bond donors (Lipinski definition) is 1. The van der Waals surface area contributed by atoms with Crippen LogP contribution in [0.15, 0.2) is 97.2 Å². The molecule has 1 N–H and O–H groups in total. The van der Waals surface area contributed by atoms with Gasteiger partial charge in [0.15, 0.2) is 0 Å². The fourth-order valence-corrected chi connectivity index (χ4v) is 6.74. The van der Waals surface area contributed by atoms with Crippen LogP contribution in [0.25, 0.3) is 0 Å². The van der Waals surface area contributed by atoms with Gasteiger partial charge in [-0.2, -0.15) is 0 Å². The SMILES string of the molecule is O=C(N[C@@H](Cc1ccccc1)[C@H](Cc1ccccc1)n1cc(CN2CCCC(c3ccccc3)C2)nn1)OC1CCCC1. The Labute approximate surface area is 255 Å². The average molecular weight is 578 g/mol. The number of rotatable bonds is 11. The summed E-state index contributed by atoms with van der Waals surface area (Å²) in [4.78, 5) is 15.7. The number of benzene rings is 3. The van der Waals surface area contributed by atoms with E-state index in [1.54, 1.807) is 0 Å². The minimum Gasteiger partial charge on any atom is -0.446 e. The third-order valence-electron chi connectivity index (χ3n) is 8.99. The smallest absolute Gasteiger partial charge is 0.407 e. The van der Waals surface area contributed by atoms with Gasteiger partial charge in [-0.15, -0.1) is 5.10 Å². The molecule has 0 bridgehead atoms. The minimum atomic E-state index is -0.341. The van der Waals surface area contributed by atoms with E-state index < -0.39 is 0 Å². The van der Waals surface area contributed by atoms with E-state index in [2.05, 4.69) is 93.5 Å². The van der Waals surface area contributed by atoms with E-state index in [1.807, 2.05) is 28.9 Å². The van der Waals surface area contributed by atoms with Crippen molar-refractivity contribution in [3.8, 4) is 0 Å². The van der Waals surface area contributed by atoms with Gasteiger partial charge in [-0.1, -0.05) is 96.2 Å². The zero-order chi connectivity index (χ0) is 29.3. The molecule has 1 amide bonds. The number of carbonyl (C=O) groups excluding carboxylic acids is 1. The quantitative estimate of drug-likeness (QED) is 0.214. The molecule has 2 aliphatic rings. The predicted octanol–water partition coefficient (Wildman–Crippen LogP) is 6.72. The molecule has 2 fully saturated rings. The van der Waals surface area contributed by atoms with Gasteiger partial charge in [-0.3, -0.25) is 4.90 Å². The van der Waals surface area contributed by atoms with Crippen LogP contribution in [-0.2, 0) is 24.1 Å². The van der Waals surface area contributed by atoms with E-state index in [0.717, 1.165) is 56.6 Å². The van der Waals surface area contributed by atoms with E-state index in [4.69, 9.17) is 4.74 Å². The van der Waals surface area contributed by atoms with Crippen molar-refractivity contribution in [2.45, 2.75) is 82.0 Å². The van der Waals surface area contributed by atoms with E-state index >= 15 is 0 Å². The Bertz CT molecular complexity index is 1410. The Hall–Kier alpha value is -3.97. The van der Waals surface area contributed by atoms with E-state index in [-0.39, 0.29) is 24.3 Å². The summed E-state index contributed by atoms with van der Waals surface area (Å²) in [5.74, 6) is 0.543. The van der Waals surface area contributed by atoms with Crippen LogP contribution in [0.4, 0.5) is 4.79 Å². The third kappa shape index (κ3) is 8.11. The lowest BCUT2D eigenvalue weighted by molar-refractivity contribution is 0.0946. The van der Waals surface area contributed by atoms with Crippen LogP contribution < -0.4 is 5.32 Å². The molecule has 1 aliphatic heterocycles. The lowest BCUT2D eigenvalue weighted by Gasteiger charge is -2.32. The van der Waals surface area contributed by atoms with Gasteiger partial charge >= 0.3 is 6.09 Å². The number of likely N-dealkylation sites (tertiary alicyclic amines) is 1. The molecule has 1 saturated carbocycles. The highest BCUT2D eigenvalue weighted by Crippen LogP contribution is 2.28. The van der Waals surface area contributed by atoms with Crippen LogP contribution in [0.2, 0.25) is 0 Å². The van der Waals surface area contributed by atoms with Crippen molar-refractivity contribution in [2.24, 2.45) is 0 Å². The first-order chi connectivity index (χ1) is 21.2. The molecule has 0 radical (unpaired) electrons. The number of amides is 1. The Morgan fingerprint density at radius 1 is 0.837 bits per heavy atom. The topological polar surface area (TPSA) is 72.3 Å². The van der Waals surface area contributed by atoms with Gasteiger partial charge in [0.25, 0.3) is 0 Å². The number of alkyl carbamates (subject to hydrolysis) is 1. The largest absolute Gasteiger partial charge is 0.446 e. The van der Waals surface area contributed by atoms with Gasteiger partial charge in [0, 0.05) is 13.1 Å². The van der Waals surface area contributed by atoms with E-state index in [9.17, 15) is 4.79 Å². The summed E-state index contributed by atoms with van der Waals surface area (Å²) in [6.45, 7) is 2.85. The second kappa shape index (κ2) is 14.5. The highest BCUT2D eigenvalue weighted by Gasteiger charge is 2.30. The van der Waals surface area contributed by atoms with Crippen LogP contribution in [0.1, 0.15) is 72.9 Å². The third-order valence-corrected chi connectivity index (χ3v) is 8.99. The lowest BCUT2D eigenvalue weighted by Crippen LogP contribution is -2.45. The molecule has 224 valence electrons. The van der Waals surface area contributed by atoms with Crippen molar-refractivity contribution < 1.29 is 9.53 Å². The number of aromatic nitrogens is 3. The normalized spacial score (nSPS) is 19.1. The Kier molecular flexibility index (Phi) is 9.80. The van der Waals surface area contributed by atoms with Crippen LogP contribution >= 0.6 is 0 Å². The first-order valence-electron chi connectivity index (χ1n) is 15.9. The van der Waals surface area contributed by atoms with Gasteiger partial charge in [0.1, 0.15) is 6.10 Å². The first kappa shape index (κ1) is 29.1. The first-order valence-corrected chi connectivity index (χ1v) is 15.9. The van der Waals surface area contributed by atoms with Gasteiger partial charge in [-0.25, -0.2) is 9.48 Å². The van der Waals surface area contributed by atoms with Crippen molar-refractivity contribution in [1.82, 2.24) is 25.2 Å². The molecule has 7 heteroatoms. The molecule has 7 nitrogen and oxygen atoms in total. The molecule has 0 spiro atoms. The molecule has 6 rings (SSSR count). The molecule has 1 aromatic heterocycles. The van der Waals surface area contributed by atoms with Gasteiger partial charge in [-0.05, 0) is 80.5 Å². The van der Waals surface area contributed by atoms with Crippen molar-refractivity contribution in [3.63, 3.8) is 0 Å². The van der Waals surface area contributed by atoms with Gasteiger partial charge < -0.3 is 10.1 Å². The Morgan fingerprint density at radius 2 is 1.49 bits per heavy atom. The molecule has 1 saturated heterocycles. The summed E-state index contributed by atoms with van der Waals surface area (Å²) < 4.78 is 7.84. The maximum Gasteiger partial charge on any atom is 0.407 e. The monoisotopic (exact) mass is 577 g/mol. The van der Waals surface area contributed by atoms with Crippen LogP contribution in [0.5, 0.6) is 0 Å². The number of ether oxygens (including phenoxy) is 1. The zero-order valence-corrected chi connectivity index (χ0v) is 24.9. The maximum absolute atomic E-state index is 13.2. The minimum absolute atomic E-state index is 0.00664. The summed E-state index contributed by atoms with van der Waals surface area (Å²) >= 11 is 0. The zero-order valence-electron chi connectivity index (χ0n) is 24.9. The summed E-state index contributed by atoms with van der Waals surface area (Å²) in [7, 11) is 0. The molecule has 43 heavy (non-hydrogen) atoms. The average Bonchev–Trinajstić information content (AvgIpc) is 3.74. The highest BCUT2D eigenvalue weighted by atomic mass is 16.6. The Balaban J connectivity index is 1.22. The predicted molar refractivity (Wildman–Crippen MR) is 169 cm³/mol. The Morgan fingerprint density at radius 3 is 2.19 bits per heavy atom. The van der Waals surface area contributed by atoms with Crippen LogP contribution in [0.3, 0.4) is 0 Å². The second-order valence-corrected chi connectivity index (χ2v) is 12.2. The fourth-order valence-electron chi connectivity index (χ4n) is 6.74. The molecule has 3 atom stereocenters. The van der Waals surface area contributed by atoms with Crippen molar-refractivity contribution >= 4 is 6.09 Å².